The van der Waals surface area contributed by atoms with E-state index >= 15 is 0 Å². The molecule has 6 heteroatoms. The smallest absolute Gasteiger partial charge is 0.231 e. The molecule has 0 saturated heterocycles. The molecule has 0 spiro atoms. The molecule has 1 aromatic rings. The molecule has 0 aromatic heterocycles. The number of carbonyl (C=O) groups is 1. The number of hydrogen-bond donors (Lipinski definition) is 1. The summed E-state index contributed by atoms with van der Waals surface area (Å²) in [5.74, 6) is 0.752. The number of anilines is 2. The number of rotatable bonds is 4. The molecule has 0 unspecified atom stereocenters. The van der Waals surface area contributed by atoms with Crippen LogP contribution in [0.25, 0.3) is 0 Å². The summed E-state index contributed by atoms with van der Waals surface area (Å²) in [5, 5.41) is 0. The summed E-state index contributed by atoms with van der Waals surface area (Å²) in [6.07, 6.45) is 3.88. The van der Waals surface area contributed by atoms with Crippen LogP contribution in [0.4, 0.5) is 11.4 Å². The average Bonchev–Trinajstić information content (AvgIpc) is 3.03. The van der Waals surface area contributed by atoms with Gasteiger partial charge in [-0.3, -0.25) is 9.52 Å². The topological polar surface area (TPSA) is 66.5 Å². The minimum Gasteiger partial charge on any atom is -0.312 e. The van der Waals surface area contributed by atoms with Crippen LogP contribution in [-0.4, -0.2) is 27.1 Å². The van der Waals surface area contributed by atoms with E-state index in [4.69, 9.17) is 0 Å². The molecule has 1 amide bonds. The van der Waals surface area contributed by atoms with Gasteiger partial charge in [0.25, 0.3) is 0 Å². The van der Waals surface area contributed by atoms with Crippen molar-refractivity contribution in [2.24, 2.45) is 5.92 Å². The normalized spacial score (nSPS) is 18.6. The van der Waals surface area contributed by atoms with Gasteiger partial charge < -0.3 is 4.90 Å². The van der Waals surface area contributed by atoms with E-state index in [1.54, 1.807) is 12.1 Å². The van der Waals surface area contributed by atoms with Crippen LogP contribution in [0.15, 0.2) is 18.2 Å². The van der Waals surface area contributed by atoms with Crippen LogP contribution in [0, 0.1) is 5.92 Å². The molecule has 0 bridgehead atoms. The first-order valence-corrected chi connectivity index (χ1v) is 8.22. The number of benzene rings is 1. The Bertz CT molecular complexity index is 635. The lowest BCUT2D eigenvalue weighted by atomic mass is 10.1. The molecule has 1 heterocycles. The molecular weight excluding hydrogens is 264 g/mol. The fraction of sp³-hybridized carbons (Fsp3) is 0.462. The summed E-state index contributed by atoms with van der Waals surface area (Å²) in [5.41, 5.74) is 2.34. The number of carbonyl (C=O) groups excluding carboxylic acids is 1. The first-order chi connectivity index (χ1) is 8.92. The second kappa shape index (κ2) is 4.23. The Morgan fingerprint density at radius 1 is 1.37 bits per heavy atom. The minimum atomic E-state index is -3.28. The number of nitrogens with zero attached hydrogens (tertiary/aromatic N) is 1. The lowest BCUT2D eigenvalue weighted by molar-refractivity contribution is -0.117. The molecule has 1 fully saturated rings. The molecule has 1 N–H and O–H groups in total. The van der Waals surface area contributed by atoms with Crippen molar-refractivity contribution in [1.29, 1.82) is 0 Å². The van der Waals surface area contributed by atoms with E-state index < -0.39 is 10.0 Å². The lowest BCUT2D eigenvalue weighted by Crippen LogP contribution is -2.28. The van der Waals surface area contributed by atoms with Gasteiger partial charge in [-0.15, -0.1) is 0 Å². The summed E-state index contributed by atoms with van der Waals surface area (Å²) < 4.78 is 24.8. The van der Waals surface area contributed by atoms with Crippen molar-refractivity contribution in [2.75, 3.05) is 22.4 Å². The SMILES string of the molecule is CS(=O)(=O)Nc1ccc2c(c1)CC(=O)N2CC1CC1. The van der Waals surface area contributed by atoms with Crippen LogP contribution in [0.1, 0.15) is 18.4 Å². The van der Waals surface area contributed by atoms with Crippen molar-refractivity contribution in [2.45, 2.75) is 19.3 Å². The van der Waals surface area contributed by atoms with Gasteiger partial charge in [-0.25, -0.2) is 8.42 Å². The summed E-state index contributed by atoms with van der Waals surface area (Å²) in [7, 11) is -3.28. The maximum absolute atomic E-state index is 12.0. The predicted molar refractivity (Wildman–Crippen MR) is 73.7 cm³/mol. The fourth-order valence-electron chi connectivity index (χ4n) is 2.42. The minimum absolute atomic E-state index is 0.110. The highest BCUT2D eigenvalue weighted by Gasteiger charge is 2.32. The molecule has 1 aliphatic heterocycles. The van der Waals surface area contributed by atoms with Crippen molar-refractivity contribution >= 4 is 27.3 Å². The molecule has 0 radical (unpaired) electrons. The third kappa shape index (κ3) is 2.73. The number of hydrogen-bond acceptors (Lipinski definition) is 3. The largest absolute Gasteiger partial charge is 0.312 e. The molecule has 1 saturated carbocycles. The van der Waals surface area contributed by atoms with Crippen LogP contribution in [-0.2, 0) is 21.2 Å². The Balaban J connectivity index is 1.86. The second-order valence-electron chi connectivity index (χ2n) is 5.34. The molecule has 0 atom stereocenters. The molecule has 1 aromatic carbocycles. The van der Waals surface area contributed by atoms with Crippen molar-refractivity contribution < 1.29 is 13.2 Å². The Hall–Kier alpha value is -1.56. The van der Waals surface area contributed by atoms with Crippen LogP contribution in [0.3, 0.4) is 0 Å². The highest BCUT2D eigenvalue weighted by molar-refractivity contribution is 7.92. The number of fused-ring (bicyclic) bond motifs is 1. The molecule has 2 aliphatic rings. The number of nitrogens with one attached hydrogen (secondary N) is 1. The van der Waals surface area contributed by atoms with Gasteiger partial charge in [0.1, 0.15) is 0 Å². The van der Waals surface area contributed by atoms with Crippen LogP contribution >= 0.6 is 0 Å². The Kier molecular flexibility index (Phi) is 2.78. The second-order valence-corrected chi connectivity index (χ2v) is 7.09. The van der Waals surface area contributed by atoms with Crippen molar-refractivity contribution in [1.82, 2.24) is 0 Å². The molecule has 19 heavy (non-hydrogen) atoms. The molecule has 5 nitrogen and oxygen atoms in total. The quantitative estimate of drug-likeness (QED) is 0.905. The van der Waals surface area contributed by atoms with E-state index in [9.17, 15) is 13.2 Å². The zero-order chi connectivity index (χ0) is 13.6. The van der Waals surface area contributed by atoms with E-state index in [-0.39, 0.29) is 5.91 Å². The highest BCUT2D eigenvalue weighted by atomic mass is 32.2. The summed E-state index contributed by atoms with van der Waals surface area (Å²) in [4.78, 5) is 13.8. The first-order valence-electron chi connectivity index (χ1n) is 6.33. The van der Waals surface area contributed by atoms with Crippen molar-refractivity contribution in [3.8, 4) is 0 Å². The van der Waals surface area contributed by atoms with E-state index in [1.807, 2.05) is 11.0 Å². The average molecular weight is 280 g/mol. The predicted octanol–water partition coefficient (Wildman–Crippen LogP) is 1.36. The van der Waals surface area contributed by atoms with Gasteiger partial charge >= 0.3 is 0 Å². The van der Waals surface area contributed by atoms with Crippen LogP contribution in [0.2, 0.25) is 0 Å². The number of amides is 1. The third-order valence-electron chi connectivity index (χ3n) is 3.45. The Morgan fingerprint density at radius 2 is 2.11 bits per heavy atom. The molecule has 1 aliphatic carbocycles. The fourth-order valence-corrected chi connectivity index (χ4v) is 2.97. The van der Waals surface area contributed by atoms with Gasteiger partial charge in [-0.2, -0.15) is 0 Å². The molecule has 3 rings (SSSR count). The molecular formula is C13H16N2O3S. The summed E-state index contributed by atoms with van der Waals surface area (Å²) >= 11 is 0. The maximum Gasteiger partial charge on any atom is 0.231 e. The van der Waals surface area contributed by atoms with Crippen molar-refractivity contribution in [3.05, 3.63) is 23.8 Å². The maximum atomic E-state index is 12.0. The summed E-state index contributed by atoms with van der Waals surface area (Å²) in [6.45, 7) is 0.796. The molecule has 102 valence electrons. The van der Waals surface area contributed by atoms with Gasteiger partial charge in [0, 0.05) is 17.9 Å². The van der Waals surface area contributed by atoms with E-state index in [0.29, 0.717) is 18.0 Å². The van der Waals surface area contributed by atoms with Crippen LogP contribution in [0.5, 0.6) is 0 Å². The zero-order valence-corrected chi connectivity index (χ0v) is 11.5. The standard InChI is InChI=1S/C13H16N2O3S/c1-19(17,18)14-11-4-5-12-10(6-11)7-13(16)15(12)8-9-2-3-9/h4-6,9,14H,2-3,7-8H2,1H3. The van der Waals surface area contributed by atoms with E-state index in [1.165, 1.54) is 12.8 Å². The number of sulfonamides is 1. The van der Waals surface area contributed by atoms with E-state index in [0.717, 1.165) is 24.1 Å². The van der Waals surface area contributed by atoms with Gasteiger partial charge in [0.15, 0.2) is 0 Å². The highest BCUT2D eigenvalue weighted by Crippen LogP contribution is 2.36. The van der Waals surface area contributed by atoms with Gasteiger partial charge in [-0.1, -0.05) is 0 Å². The van der Waals surface area contributed by atoms with Gasteiger partial charge in [-0.05, 0) is 42.5 Å². The summed E-state index contributed by atoms with van der Waals surface area (Å²) in [6, 6.07) is 5.29. The third-order valence-corrected chi connectivity index (χ3v) is 4.06. The monoisotopic (exact) mass is 280 g/mol. The lowest BCUT2D eigenvalue weighted by Gasteiger charge is -2.17. The van der Waals surface area contributed by atoms with Crippen LogP contribution < -0.4 is 9.62 Å². The zero-order valence-electron chi connectivity index (χ0n) is 10.7. The van der Waals surface area contributed by atoms with Gasteiger partial charge in [0.2, 0.25) is 15.9 Å². The van der Waals surface area contributed by atoms with E-state index in [2.05, 4.69) is 4.72 Å². The Morgan fingerprint density at radius 3 is 2.74 bits per heavy atom. The van der Waals surface area contributed by atoms with Gasteiger partial charge in [0.05, 0.1) is 12.7 Å². The Labute approximate surface area is 112 Å². The van der Waals surface area contributed by atoms with Crippen molar-refractivity contribution in [3.63, 3.8) is 0 Å². The first kappa shape index (κ1) is 12.5.